The summed E-state index contributed by atoms with van der Waals surface area (Å²) >= 11 is 0. The summed E-state index contributed by atoms with van der Waals surface area (Å²) in [4.78, 5) is 17.0. The van der Waals surface area contributed by atoms with Crippen LogP contribution in [0.2, 0.25) is 0 Å². The first-order valence-electron chi connectivity index (χ1n) is 10.4. The van der Waals surface area contributed by atoms with E-state index in [1.54, 1.807) is 0 Å². The van der Waals surface area contributed by atoms with E-state index in [1.807, 2.05) is 37.9 Å². The molecule has 2 aromatic carbocycles. The van der Waals surface area contributed by atoms with E-state index in [1.165, 1.54) is 6.07 Å². The highest BCUT2D eigenvalue weighted by Crippen LogP contribution is 2.36. The second kappa shape index (κ2) is 8.46. The van der Waals surface area contributed by atoms with Crippen LogP contribution in [0.3, 0.4) is 0 Å². The number of aromatic nitrogens is 1. The lowest BCUT2D eigenvalue weighted by Gasteiger charge is -2.35. The minimum Gasteiger partial charge on any atom is -0.367 e. The molecular formula is C23H25F3N4O2. The molecule has 0 spiro atoms. The molecule has 2 heterocycles. The second-order valence-electron chi connectivity index (χ2n) is 8.33. The van der Waals surface area contributed by atoms with Gasteiger partial charge >= 0.3 is 6.18 Å². The largest absolute Gasteiger partial charge is 0.416 e. The highest BCUT2D eigenvalue weighted by Gasteiger charge is 2.32. The van der Waals surface area contributed by atoms with Gasteiger partial charge in [-0.25, -0.2) is 0 Å². The van der Waals surface area contributed by atoms with Crippen molar-refractivity contribution >= 4 is 28.3 Å². The fraction of sp³-hybridized carbons (Fsp3) is 0.391. The number of nitrogens with one attached hydrogen (secondary N) is 1. The summed E-state index contributed by atoms with van der Waals surface area (Å²) in [6.45, 7) is 6.76. The molecule has 1 fully saturated rings. The van der Waals surface area contributed by atoms with Crippen molar-refractivity contribution in [1.29, 1.82) is 0 Å². The van der Waals surface area contributed by atoms with Crippen molar-refractivity contribution in [2.45, 2.75) is 26.4 Å². The van der Waals surface area contributed by atoms with Crippen LogP contribution < -0.4 is 10.2 Å². The predicted octanol–water partition coefficient (Wildman–Crippen LogP) is 4.40. The molecule has 6 nitrogen and oxygen atoms in total. The highest BCUT2D eigenvalue weighted by atomic mass is 19.4. The minimum absolute atomic E-state index is 0.102. The predicted molar refractivity (Wildman–Crippen MR) is 117 cm³/mol. The summed E-state index contributed by atoms with van der Waals surface area (Å²) in [7, 11) is 2.00. The molecule has 1 aromatic heterocycles. The lowest BCUT2D eigenvalue weighted by molar-refractivity contribution is -0.137. The zero-order chi connectivity index (χ0) is 23.0. The molecule has 0 unspecified atom stereocenters. The fourth-order valence-electron chi connectivity index (χ4n) is 4.12. The number of benzene rings is 2. The first kappa shape index (κ1) is 22.1. The number of carbonyl (C=O) groups is 1. The van der Waals surface area contributed by atoms with Gasteiger partial charge < -0.3 is 19.6 Å². The molecule has 1 saturated heterocycles. The molecule has 3 aromatic rings. The van der Waals surface area contributed by atoms with Crippen LogP contribution in [0.4, 0.5) is 24.5 Å². The fourth-order valence-corrected chi connectivity index (χ4v) is 4.12. The number of nitrogens with zero attached hydrogens (tertiary/aromatic N) is 3. The Labute approximate surface area is 184 Å². The van der Waals surface area contributed by atoms with E-state index < -0.39 is 17.6 Å². The summed E-state index contributed by atoms with van der Waals surface area (Å²) in [6, 6.07) is 7.30. The number of amides is 1. The summed E-state index contributed by atoms with van der Waals surface area (Å²) in [6.07, 6.45) is -4.60. The zero-order valence-electron chi connectivity index (χ0n) is 18.2. The summed E-state index contributed by atoms with van der Waals surface area (Å²) in [5.41, 5.74) is 2.92. The van der Waals surface area contributed by atoms with Gasteiger partial charge in [0.05, 0.1) is 23.4 Å². The molecule has 1 aliphatic heterocycles. The number of hydrogen-bond donors (Lipinski definition) is 1. The molecule has 0 saturated carbocycles. The molecule has 0 radical (unpaired) electrons. The Balaban J connectivity index is 1.61. The third-order valence-corrected chi connectivity index (χ3v) is 5.76. The standard InChI is InChI=1S/C23H25F3N4O2/c1-14-10-15(2)22-18(28-32-20(22)11-14)13-21(31)27-17-12-16(23(24,25)26)4-5-19(17)30-8-6-29(3)7-9-30/h4-5,10-12H,6-9,13H2,1-3H3,(H,27,31). The first-order valence-corrected chi connectivity index (χ1v) is 10.4. The van der Waals surface area contributed by atoms with E-state index >= 15 is 0 Å². The minimum atomic E-state index is -4.50. The normalized spacial score (nSPS) is 15.4. The van der Waals surface area contributed by atoms with Crippen molar-refractivity contribution in [3.8, 4) is 0 Å². The van der Waals surface area contributed by atoms with Gasteiger partial charge in [-0.1, -0.05) is 11.2 Å². The Bertz CT molecular complexity index is 1150. The Kier molecular flexibility index (Phi) is 5.85. The Morgan fingerprint density at radius 1 is 1.12 bits per heavy atom. The van der Waals surface area contributed by atoms with E-state index in [9.17, 15) is 18.0 Å². The van der Waals surface area contributed by atoms with Gasteiger partial charge in [0.1, 0.15) is 5.69 Å². The molecule has 1 aliphatic rings. The molecule has 0 aliphatic carbocycles. The van der Waals surface area contributed by atoms with Gasteiger partial charge in [0.25, 0.3) is 0 Å². The maximum atomic E-state index is 13.3. The second-order valence-corrected chi connectivity index (χ2v) is 8.33. The molecule has 170 valence electrons. The number of hydrogen-bond acceptors (Lipinski definition) is 5. The number of carbonyl (C=O) groups excluding carboxylic acids is 1. The van der Waals surface area contributed by atoms with Crippen LogP contribution in [-0.2, 0) is 17.4 Å². The van der Waals surface area contributed by atoms with Crippen molar-refractivity contribution in [2.24, 2.45) is 0 Å². The molecule has 1 N–H and O–H groups in total. The monoisotopic (exact) mass is 446 g/mol. The topological polar surface area (TPSA) is 61.6 Å². The van der Waals surface area contributed by atoms with Gasteiger partial charge in [-0.05, 0) is 56.3 Å². The Morgan fingerprint density at radius 3 is 2.53 bits per heavy atom. The Morgan fingerprint density at radius 2 is 1.84 bits per heavy atom. The molecule has 0 bridgehead atoms. The number of likely N-dealkylation sites (N-methyl/N-ethyl adjacent to an activating group) is 1. The summed E-state index contributed by atoms with van der Waals surface area (Å²) < 4.78 is 45.4. The van der Waals surface area contributed by atoms with E-state index in [-0.39, 0.29) is 12.1 Å². The van der Waals surface area contributed by atoms with Crippen LogP contribution >= 0.6 is 0 Å². The van der Waals surface area contributed by atoms with Crippen LogP contribution in [0.15, 0.2) is 34.9 Å². The Hall–Kier alpha value is -3.07. The van der Waals surface area contributed by atoms with Crippen molar-refractivity contribution in [3.05, 3.63) is 52.7 Å². The van der Waals surface area contributed by atoms with E-state index in [4.69, 9.17) is 4.52 Å². The third-order valence-electron chi connectivity index (χ3n) is 5.76. The molecular weight excluding hydrogens is 421 g/mol. The summed E-state index contributed by atoms with van der Waals surface area (Å²) in [5, 5.41) is 7.47. The van der Waals surface area contributed by atoms with Crippen LogP contribution in [0.1, 0.15) is 22.4 Å². The molecule has 1 amide bonds. The number of rotatable bonds is 4. The van der Waals surface area contributed by atoms with Gasteiger partial charge in [0.15, 0.2) is 5.58 Å². The van der Waals surface area contributed by atoms with Gasteiger partial charge in [0.2, 0.25) is 5.91 Å². The van der Waals surface area contributed by atoms with Gasteiger partial charge in [0, 0.05) is 31.6 Å². The lowest BCUT2D eigenvalue weighted by atomic mass is 10.0. The lowest BCUT2D eigenvalue weighted by Crippen LogP contribution is -2.44. The highest BCUT2D eigenvalue weighted by molar-refractivity contribution is 5.98. The van der Waals surface area contributed by atoms with Crippen molar-refractivity contribution in [1.82, 2.24) is 10.1 Å². The van der Waals surface area contributed by atoms with Crippen LogP contribution in [-0.4, -0.2) is 49.2 Å². The van der Waals surface area contributed by atoms with Gasteiger partial charge in [-0.2, -0.15) is 13.2 Å². The quantitative estimate of drug-likeness (QED) is 0.644. The van der Waals surface area contributed by atoms with Gasteiger partial charge in [-0.3, -0.25) is 4.79 Å². The average Bonchev–Trinajstić information content (AvgIpc) is 3.10. The number of fused-ring (bicyclic) bond motifs is 1. The van der Waals surface area contributed by atoms with Crippen LogP contribution in [0, 0.1) is 13.8 Å². The number of halogens is 3. The SMILES string of the molecule is Cc1cc(C)c2c(CC(=O)Nc3cc(C(F)(F)F)ccc3N3CCN(C)CC3)noc2c1. The van der Waals surface area contributed by atoms with Crippen molar-refractivity contribution < 1.29 is 22.5 Å². The summed E-state index contributed by atoms with van der Waals surface area (Å²) in [5.74, 6) is -0.449. The molecule has 4 rings (SSSR count). The van der Waals surface area contributed by atoms with Crippen LogP contribution in [0.5, 0.6) is 0 Å². The smallest absolute Gasteiger partial charge is 0.367 e. The van der Waals surface area contributed by atoms with E-state index in [2.05, 4.69) is 15.4 Å². The third kappa shape index (κ3) is 4.57. The zero-order valence-corrected chi connectivity index (χ0v) is 18.2. The molecule has 9 heteroatoms. The molecule has 32 heavy (non-hydrogen) atoms. The van der Waals surface area contributed by atoms with Crippen molar-refractivity contribution in [3.63, 3.8) is 0 Å². The van der Waals surface area contributed by atoms with E-state index in [0.717, 1.165) is 41.7 Å². The molecule has 0 atom stereocenters. The first-order chi connectivity index (χ1) is 15.1. The van der Waals surface area contributed by atoms with Crippen molar-refractivity contribution in [2.75, 3.05) is 43.4 Å². The maximum absolute atomic E-state index is 13.3. The van der Waals surface area contributed by atoms with Crippen LogP contribution in [0.25, 0.3) is 11.0 Å². The number of alkyl halides is 3. The van der Waals surface area contributed by atoms with Gasteiger partial charge in [-0.15, -0.1) is 0 Å². The number of piperazine rings is 1. The number of anilines is 2. The average molecular weight is 446 g/mol. The maximum Gasteiger partial charge on any atom is 0.416 e. The van der Waals surface area contributed by atoms with E-state index in [0.29, 0.717) is 30.1 Å². The number of aryl methyl sites for hydroxylation is 2.